The molecule has 204 valence electrons. The van der Waals surface area contributed by atoms with Gasteiger partial charge in [-0.05, 0) is 98.3 Å². The first-order valence-corrected chi connectivity index (χ1v) is 14.7. The highest BCUT2D eigenvalue weighted by atomic mass is 16.3. The van der Waals surface area contributed by atoms with E-state index in [2.05, 4.69) is 13.8 Å². The van der Waals surface area contributed by atoms with E-state index in [1.165, 1.54) is 25.7 Å². The Morgan fingerprint density at radius 1 is 0.632 bits per heavy atom. The number of benzene rings is 2. The van der Waals surface area contributed by atoms with Crippen LogP contribution in [0.4, 0.5) is 11.4 Å². The zero-order chi connectivity index (χ0) is 27.1. The molecule has 0 spiro atoms. The minimum absolute atomic E-state index is 0.0121. The standard InChI is InChI=1S/C32H42N2O4/c1-3-5-17-7-11-19(12-8-17)21-15-23(33)25-27(29(21)35)31(37)26-24(34)16-22(30(36)28(26)32(25)38)20-13-9-18(6-4-2)10-14-20/h15-20,35-36H,3-14,33-34H2,1-2H3/t17-,18-,19-,20-. The van der Waals surface area contributed by atoms with Crippen molar-refractivity contribution in [3.05, 3.63) is 45.5 Å². The summed E-state index contributed by atoms with van der Waals surface area (Å²) < 4.78 is 0. The predicted octanol–water partition coefficient (Wildman–Crippen LogP) is 7.19. The molecule has 2 saturated carbocycles. The number of phenols is 2. The smallest absolute Gasteiger partial charge is 0.200 e. The fourth-order valence-corrected chi connectivity index (χ4v) is 7.57. The van der Waals surface area contributed by atoms with Crippen molar-refractivity contribution in [1.29, 1.82) is 0 Å². The summed E-state index contributed by atoms with van der Waals surface area (Å²) in [6.07, 6.45) is 12.7. The van der Waals surface area contributed by atoms with Crippen molar-refractivity contribution in [2.75, 3.05) is 11.5 Å². The molecule has 0 amide bonds. The summed E-state index contributed by atoms with van der Waals surface area (Å²) in [5.41, 5.74) is 14.3. The normalized spacial score (nSPS) is 25.2. The van der Waals surface area contributed by atoms with Gasteiger partial charge in [0.15, 0.2) is 0 Å². The molecule has 0 unspecified atom stereocenters. The number of rotatable bonds is 6. The Morgan fingerprint density at radius 2 is 0.974 bits per heavy atom. The van der Waals surface area contributed by atoms with E-state index in [9.17, 15) is 19.8 Å². The SMILES string of the molecule is CCC[C@H]1CC[C@H](c2cc(N)c3c(c2O)C(=O)c2c(N)cc([C@H]4CC[C@H](CCC)CC4)c(O)c2C3=O)CC1. The lowest BCUT2D eigenvalue weighted by Gasteiger charge is -2.32. The van der Waals surface area contributed by atoms with Crippen LogP contribution in [0.3, 0.4) is 0 Å². The summed E-state index contributed by atoms with van der Waals surface area (Å²) in [6, 6.07) is 3.35. The third-order valence-corrected chi connectivity index (χ3v) is 9.60. The molecule has 2 aromatic rings. The lowest BCUT2D eigenvalue weighted by Crippen LogP contribution is -2.26. The molecule has 0 aliphatic heterocycles. The minimum atomic E-state index is -0.536. The van der Waals surface area contributed by atoms with Crippen molar-refractivity contribution in [3.8, 4) is 11.5 Å². The monoisotopic (exact) mass is 518 g/mol. The van der Waals surface area contributed by atoms with Crippen LogP contribution in [0.5, 0.6) is 11.5 Å². The van der Waals surface area contributed by atoms with Crippen molar-refractivity contribution in [2.45, 2.75) is 103 Å². The molecule has 3 aliphatic carbocycles. The second kappa shape index (κ2) is 10.6. The zero-order valence-corrected chi connectivity index (χ0v) is 22.8. The summed E-state index contributed by atoms with van der Waals surface area (Å²) in [5.74, 6) is 0.192. The van der Waals surface area contributed by atoms with Gasteiger partial charge in [-0.1, -0.05) is 39.5 Å². The lowest BCUT2D eigenvalue weighted by atomic mass is 9.73. The number of nitrogen functional groups attached to an aromatic ring is 2. The molecule has 0 saturated heterocycles. The van der Waals surface area contributed by atoms with Crippen LogP contribution in [0.2, 0.25) is 0 Å². The van der Waals surface area contributed by atoms with Gasteiger partial charge in [-0.2, -0.15) is 0 Å². The first-order valence-electron chi connectivity index (χ1n) is 14.7. The van der Waals surface area contributed by atoms with Crippen LogP contribution >= 0.6 is 0 Å². The van der Waals surface area contributed by atoms with Gasteiger partial charge in [0.05, 0.1) is 22.3 Å². The maximum absolute atomic E-state index is 13.8. The van der Waals surface area contributed by atoms with Crippen LogP contribution in [0.15, 0.2) is 12.1 Å². The molecule has 0 bridgehead atoms. The average Bonchev–Trinajstić information content (AvgIpc) is 2.90. The van der Waals surface area contributed by atoms with Gasteiger partial charge < -0.3 is 21.7 Å². The largest absolute Gasteiger partial charge is 0.507 e. The van der Waals surface area contributed by atoms with Crippen LogP contribution in [-0.4, -0.2) is 21.8 Å². The number of anilines is 2. The summed E-state index contributed by atoms with van der Waals surface area (Å²) in [4.78, 5) is 27.6. The Morgan fingerprint density at radius 3 is 1.29 bits per heavy atom. The van der Waals surface area contributed by atoms with Gasteiger partial charge >= 0.3 is 0 Å². The molecule has 6 nitrogen and oxygen atoms in total. The van der Waals surface area contributed by atoms with Crippen molar-refractivity contribution < 1.29 is 19.8 Å². The maximum atomic E-state index is 13.8. The number of hydrogen-bond acceptors (Lipinski definition) is 6. The van der Waals surface area contributed by atoms with E-state index >= 15 is 0 Å². The molecular formula is C32H42N2O4. The molecule has 6 heteroatoms. The molecule has 5 rings (SSSR count). The Bertz CT molecular complexity index is 1150. The van der Waals surface area contributed by atoms with Crippen molar-refractivity contribution in [2.24, 2.45) is 11.8 Å². The highest BCUT2D eigenvalue weighted by molar-refractivity contribution is 6.33. The summed E-state index contributed by atoms with van der Waals surface area (Å²) >= 11 is 0. The van der Waals surface area contributed by atoms with E-state index in [-0.39, 0.29) is 57.0 Å². The Hall–Kier alpha value is -3.02. The number of carbonyl (C=O) groups excluding carboxylic acids is 2. The van der Waals surface area contributed by atoms with Crippen molar-refractivity contribution >= 4 is 22.9 Å². The van der Waals surface area contributed by atoms with Crippen LogP contribution in [-0.2, 0) is 0 Å². The van der Waals surface area contributed by atoms with E-state index in [0.717, 1.165) is 51.4 Å². The summed E-state index contributed by atoms with van der Waals surface area (Å²) in [5, 5.41) is 22.7. The van der Waals surface area contributed by atoms with Crippen molar-refractivity contribution in [3.63, 3.8) is 0 Å². The van der Waals surface area contributed by atoms with E-state index < -0.39 is 11.6 Å². The third kappa shape index (κ3) is 4.46. The highest BCUT2D eigenvalue weighted by Crippen LogP contribution is 2.50. The Kier molecular flexibility index (Phi) is 7.43. The second-order valence-corrected chi connectivity index (χ2v) is 12.0. The van der Waals surface area contributed by atoms with Gasteiger partial charge in [0.25, 0.3) is 0 Å². The molecule has 0 radical (unpaired) electrons. The van der Waals surface area contributed by atoms with Gasteiger partial charge in [-0.25, -0.2) is 0 Å². The number of nitrogens with two attached hydrogens (primary N) is 2. The van der Waals surface area contributed by atoms with Crippen LogP contribution in [0.1, 0.15) is 146 Å². The fourth-order valence-electron chi connectivity index (χ4n) is 7.57. The summed E-state index contributed by atoms with van der Waals surface area (Å²) in [7, 11) is 0. The van der Waals surface area contributed by atoms with Gasteiger partial charge in [-0.3, -0.25) is 9.59 Å². The fraction of sp³-hybridized carbons (Fsp3) is 0.562. The van der Waals surface area contributed by atoms with Gasteiger partial charge in [0, 0.05) is 11.4 Å². The van der Waals surface area contributed by atoms with Crippen LogP contribution in [0, 0.1) is 11.8 Å². The second-order valence-electron chi connectivity index (χ2n) is 12.0. The van der Waals surface area contributed by atoms with E-state index in [0.29, 0.717) is 23.0 Å². The van der Waals surface area contributed by atoms with Crippen molar-refractivity contribution in [1.82, 2.24) is 0 Å². The molecule has 38 heavy (non-hydrogen) atoms. The lowest BCUT2D eigenvalue weighted by molar-refractivity contribution is 0.0975. The number of hydrogen-bond donors (Lipinski definition) is 4. The molecule has 0 atom stereocenters. The quantitative estimate of drug-likeness (QED) is 0.202. The number of aromatic hydroxyl groups is 2. The third-order valence-electron chi connectivity index (χ3n) is 9.60. The Balaban J connectivity index is 1.51. The first kappa shape index (κ1) is 26.6. The van der Waals surface area contributed by atoms with E-state index in [1.807, 2.05) is 0 Å². The molecule has 0 heterocycles. The molecule has 2 aromatic carbocycles. The van der Waals surface area contributed by atoms with E-state index in [4.69, 9.17) is 11.5 Å². The predicted molar refractivity (Wildman–Crippen MR) is 151 cm³/mol. The Labute approximate surface area is 225 Å². The first-order chi connectivity index (χ1) is 18.3. The minimum Gasteiger partial charge on any atom is -0.507 e. The molecule has 2 fully saturated rings. The number of phenolic OH excluding ortho intramolecular Hbond substituents is 2. The molecular weight excluding hydrogens is 476 g/mol. The molecule has 3 aliphatic rings. The number of ketones is 2. The molecule has 6 N–H and O–H groups in total. The highest BCUT2D eigenvalue weighted by Gasteiger charge is 2.41. The van der Waals surface area contributed by atoms with E-state index in [1.54, 1.807) is 12.1 Å². The van der Waals surface area contributed by atoms with Crippen LogP contribution < -0.4 is 11.5 Å². The number of fused-ring (bicyclic) bond motifs is 2. The topological polar surface area (TPSA) is 127 Å². The van der Waals surface area contributed by atoms with Gasteiger partial charge in [-0.15, -0.1) is 0 Å². The number of carbonyl (C=O) groups is 2. The van der Waals surface area contributed by atoms with Gasteiger partial charge in [0.2, 0.25) is 11.6 Å². The zero-order valence-electron chi connectivity index (χ0n) is 22.8. The van der Waals surface area contributed by atoms with Crippen LogP contribution in [0.25, 0.3) is 0 Å². The molecule has 0 aromatic heterocycles. The van der Waals surface area contributed by atoms with Gasteiger partial charge in [0.1, 0.15) is 11.5 Å². The maximum Gasteiger partial charge on any atom is 0.200 e. The average molecular weight is 519 g/mol. The summed E-state index contributed by atoms with van der Waals surface area (Å²) in [6.45, 7) is 4.40.